The van der Waals surface area contributed by atoms with Crippen LogP contribution in [0.2, 0.25) is 0 Å². The van der Waals surface area contributed by atoms with Crippen LogP contribution in [0.1, 0.15) is 19.8 Å². The molecular formula is C14H20F2N2O2S. The molecule has 7 heteroatoms. The number of nitrogens with one attached hydrogen (secondary N) is 1. The van der Waals surface area contributed by atoms with Gasteiger partial charge in [0.25, 0.3) is 0 Å². The molecule has 0 radical (unpaired) electrons. The van der Waals surface area contributed by atoms with Gasteiger partial charge in [-0.25, -0.2) is 8.42 Å². The second-order valence-electron chi connectivity index (χ2n) is 5.53. The van der Waals surface area contributed by atoms with Crippen LogP contribution in [0.25, 0.3) is 0 Å². The summed E-state index contributed by atoms with van der Waals surface area (Å²) in [4.78, 5) is 1.94. The highest BCUT2D eigenvalue weighted by molar-refractivity contribution is 7.91. The van der Waals surface area contributed by atoms with Crippen molar-refractivity contribution < 1.29 is 17.2 Å². The van der Waals surface area contributed by atoms with Gasteiger partial charge in [-0.15, -0.1) is 0 Å². The van der Waals surface area contributed by atoms with Crippen molar-refractivity contribution in [2.24, 2.45) is 0 Å². The Bertz CT molecular complexity index is 575. The average Bonchev–Trinajstić information content (AvgIpc) is 2.43. The number of hydrogen-bond acceptors (Lipinski definition) is 4. The monoisotopic (exact) mass is 318 g/mol. The highest BCUT2D eigenvalue weighted by atomic mass is 32.2. The highest BCUT2D eigenvalue weighted by Gasteiger charge is 2.26. The summed E-state index contributed by atoms with van der Waals surface area (Å²) in [6.07, 6.45) is 1.99. The van der Waals surface area contributed by atoms with Crippen LogP contribution in [0.4, 0.5) is 14.5 Å². The molecule has 1 N–H and O–H groups in total. The number of likely N-dealkylation sites (tertiary alicyclic amines) is 1. The maximum absolute atomic E-state index is 12.4. The minimum absolute atomic E-state index is 0.314. The van der Waals surface area contributed by atoms with Crippen molar-refractivity contribution in [1.29, 1.82) is 0 Å². The predicted molar refractivity (Wildman–Crippen MR) is 78.4 cm³/mol. The minimum Gasteiger partial charge on any atom is -0.382 e. The molecule has 118 valence electrons. The van der Waals surface area contributed by atoms with Crippen molar-refractivity contribution >= 4 is 15.5 Å². The fourth-order valence-electron chi connectivity index (χ4n) is 2.50. The van der Waals surface area contributed by atoms with E-state index in [1.807, 2.05) is 0 Å². The fraction of sp³-hybridized carbons (Fsp3) is 0.571. The van der Waals surface area contributed by atoms with Crippen LogP contribution in [0.15, 0.2) is 29.2 Å². The van der Waals surface area contributed by atoms with Gasteiger partial charge in [0.1, 0.15) is 0 Å². The van der Waals surface area contributed by atoms with Gasteiger partial charge < -0.3 is 10.2 Å². The Morgan fingerprint density at radius 1 is 1.29 bits per heavy atom. The first-order chi connectivity index (χ1) is 9.80. The molecule has 2 rings (SSSR count). The zero-order valence-corrected chi connectivity index (χ0v) is 12.9. The molecule has 2 unspecified atom stereocenters. The molecule has 1 aliphatic rings. The van der Waals surface area contributed by atoms with E-state index >= 15 is 0 Å². The largest absolute Gasteiger partial charge is 0.382 e. The molecular weight excluding hydrogens is 298 g/mol. The van der Waals surface area contributed by atoms with Crippen LogP contribution in [-0.4, -0.2) is 44.8 Å². The summed E-state index contributed by atoms with van der Waals surface area (Å²) in [5.41, 5.74) is 0.755. The standard InChI is InChI=1S/C14H20F2N2O2S/c1-10-9-12(7-8-18(10)2)17-11-3-5-13(6-4-11)21(19,20)14(15)16/h3-6,10,12,14,17H,7-9H2,1-2H3. The van der Waals surface area contributed by atoms with Gasteiger partial charge in [-0.3, -0.25) is 0 Å². The first kappa shape index (κ1) is 16.2. The molecule has 0 saturated carbocycles. The van der Waals surface area contributed by atoms with Gasteiger partial charge in [-0.2, -0.15) is 8.78 Å². The van der Waals surface area contributed by atoms with Crippen molar-refractivity contribution in [3.63, 3.8) is 0 Å². The van der Waals surface area contributed by atoms with E-state index < -0.39 is 15.6 Å². The van der Waals surface area contributed by atoms with E-state index in [1.54, 1.807) is 0 Å². The lowest BCUT2D eigenvalue weighted by Crippen LogP contribution is -2.42. The van der Waals surface area contributed by atoms with E-state index in [1.165, 1.54) is 24.3 Å². The van der Waals surface area contributed by atoms with Crippen LogP contribution in [-0.2, 0) is 9.84 Å². The Labute approximate surface area is 124 Å². The molecule has 1 aliphatic heterocycles. The Morgan fingerprint density at radius 2 is 1.90 bits per heavy atom. The number of halogens is 2. The van der Waals surface area contributed by atoms with Crippen molar-refractivity contribution in [1.82, 2.24) is 4.90 Å². The molecule has 21 heavy (non-hydrogen) atoms. The molecule has 1 heterocycles. The second kappa shape index (κ2) is 6.27. The number of piperidine rings is 1. The van der Waals surface area contributed by atoms with E-state index in [0.717, 1.165) is 25.1 Å². The Balaban J connectivity index is 2.03. The summed E-state index contributed by atoms with van der Waals surface area (Å²) in [6.45, 7) is 3.16. The summed E-state index contributed by atoms with van der Waals surface area (Å²) in [7, 11) is -2.42. The third-order valence-electron chi connectivity index (χ3n) is 4.00. The Hall–Kier alpha value is -1.21. The molecule has 0 aliphatic carbocycles. The molecule has 0 bridgehead atoms. The summed E-state index contributed by atoms with van der Waals surface area (Å²) in [6, 6.07) is 6.32. The van der Waals surface area contributed by atoms with Crippen molar-refractivity contribution in [3.05, 3.63) is 24.3 Å². The van der Waals surface area contributed by atoms with Gasteiger partial charge in [-0.1, -0.05) is 0 Å². The molecule has 0 aromatic heterocycles. The number of benzene rings is 1. The lowest BCUT2D eigenvalue weighted by molar-refractivity contribution is 0.190. The van der Waals surface area contributed by atoms with E-state index in [2.05, 4.69) is 24.2 Å². The second-order valence-corrected chi connectivity index (χ2v) is 7.44. The number of nitrogens with zero attached hydrogens (tertiary/aromatic N) is 1. The summed E-state index contributed by atoms with van der Waals surface area (Å²) in [5.74, 6) is -3.38. The average molecular weight is 318 g/mol. The maximum atomic E-state index is 12.4. The topological polar surface area (TPSA) is 49.4 Å². The maximum Gasteiger partial charge on any atom is 0.341 e. The van der Waals surface area contributed by atoms with Gasteiger partial charge in [0, 0.05) is 24.3 Å². The molecule has 2 atom stereocenters. The van der Waals surface area contributed by atoms with Gasteiger partial charge >= 0.3 is 5.76 Å². The summed E-state index contributed by atoms with van der Waals surface area (Å²) in [5, 5.41) is 3.33. The molecule has 1 aromatic carbocycles. The number of anilines is 1. The SMILES string of the molecule is CC1CC(Nc2ccc(S(=O)(=O)C(F)F)cc2)CCN1C. The third-order valence-corrected chi connectivity index (χ3v) is 5.39. The van der Waals surface area contributed by atoms with Gasteiger partial charge in [0.05, 0.1) is 4.90 Å². The van der Waals surface area contributed by atoms with E-state index in [-0.39, 0.29) is 4.90 Å². The molecule has 1 fully saturated rings. The van der Waals surface area contributed by atoms with Gasteiger partial charge in [0.15, 0.2) is 0 Å². The normalized spacial score (nSPS) is 24.2. The third kappa shape index (κ3) is 3.71. The molecule has 1 saturated heterocycles. The smallest absolute Gasteiger partial charge is 0.341 e. The quantitative estimate of drug-likeness (QED) is 0.927. The molecule has 1 aromatic rings. The van der Waals surface area contributed by atoms with E-state index in [0.29, 0.717) is 12.1 Å². The molecule has 4 nitrogen and oxygen atoms in total. The lowest BCUT2D eigenvalue weighted by atomic mass is 9.99. The first-order valence-electron chi connectivity index (χ1n) is 6.89. The van der Waals surface area contributed by atoms with Crippen LogP contribution < -0.4 is 5.32 Å². The van der Waals surface area contributed by atoms with Gasteiger partial charge in [0.2, 0.25) is 9.84 Å². The van der Waals surface area contributed by atoms with Crippen molar-refractivity contribution in [3.8, 4) is 0 Å². The predicted octanol–water partition coefficient (Wildman–Crippen LogP) is 2.58. The minimum atomic E-state index is -4.51. The fourth-order valence-corrected chi connectivity index (χ4v) is 3.22. The lowest BCUT2D eigenvalue weighted by Gasteiger charge is -2.35. The molecule has 0 amide bonds. The Kier molecular flexibility index (Phi) is 4.83. The molecule has 0 spiro atoms. The van der Waals surface area contributed by atoms with Crippen molar-refractivity contribution in [2.45, 2.75) is 42.5 Å². The van der Waals surface area contributed by atoms with E-state index in [4.69, 9.17) is 0 Å². The highest BCUT2D eigenvalue weighted by Crippen LogP contribution is 2.23. The summed E-state index contributed by atoms with van der Waals surface area (Å²) < 4.78 is 47.6. The number of rotatable bonds is 4. The number of hydrogen-bond donors (Lipinski definition) is 1. The zero-order valence-electron chi connectivity index (χ0n) is 12.1. The van der Waals surface area contributed by atoms with Crippen LogP contribution in [0.5, 0.6) is 0 Å². The summed E-state index contributed by atoms with van der Waals surface area (Å²) >= 11 is 0. The number of sulfone groups is 1. The van der Waals surface area contributed by atoms with Crippen LogP contribution in [0.3, 0.4) is 0 Å². The first-order valence-corrected chi connectivity index (χ1v) is 8.44. The van der Waals surface area contributed by atoms with Gasteiger partial charge in [-0.05, 0) is 51.1 Å². The Morgan fingerprint density at radius 3 is 2.43 bits per heavy atom. The number of alkyl halides is 2. The zero-order chi connectivity index (χ0) is 15.6. The van der Waals surface area contributed by atoms with Crippen molar-refractivity contribution in [2.75, 3.05) is 18.9 Å². The van der Waals surface area contributed by atoms with E-state index in [9.17, 15) is 17.2 Å². The van der Waals surface area contributed by atoms with Crippen LogP contribution >= 0.6 is 0 Å². The van der Waals surface area contributed by atoms with Crippen LogP contribution in [0, 0.1) is 0 Å².